The number of primary amides is 1. The van der Waals surface area contributed by atoms with E-state index in [0.717, 1.165) is 11.6 Å². The smallest absolute Gasteiger partial charge is 0.217 e. The molecule has 0 spiro atoms. The summed E-state index contributed by atoms with van der Waals surface area (Å²) in [6.45, 7) is 0.706. The topological polar surface area (TPSA) is 80.9 Å². The standard InChI is InChI=1S/C6H10N4OS/c7-5(11)2-1-3-8-6-10-9-4-12-6/h4H,1-3H2,(H2,7,11)(H,8,10). The van der Waals surface area contributed by atoms with E-state index in [0.29, 0.717) is 13.0 Å². The van der Waals surface area contributed by atoms with Gasteiger partial charge in [0.1, 0.15) is 5.51 Å². The Hall–Kier alpha value is -1.17. The van der Waals surface area contributed by atoms with Crippen molar-refractivity contribution >= 4 is 22.4 Å². The maximum Gasteiger partial charge on any atom is 0.217 e. The van der Waals surface area contributed by atoms with Gasteiger partial charge in [-0.1, -0.05) is 11.3 Å². The van der Waals surface area contributed by atoms with E-state index >= 15 is 0 Å². The minimum atomic E-state index is -0.269. The van der Waals surface area contributed by atoms with E-state index in [9.17, 15) is 4.79 Å². The summed E-state index contributed by atoms with van der Waals surface area (Å²) in [5.74, 6) is -0.269. The van der Waals surface area contributed by atoms with Crippen molar-refractivity contribution in [3.05, 3.63) is 5.51 Å². The summed E-state index contributed by atoms with van der Waals surface area (Å²) < 4.78 is 0. The lowest BCUT2D eigenvalue weighted by Gasteiger charge is -1.98. The SMILES string of the molecule is NC(=O)CCCNc1nncs1. The third-order valence-electron chi connectivity index (χ3n) is 1.24. The van der Waals surface area contributed by atoms with Gasteiger partial charge >= 0.3 is 0 Å². The molecule has 0 aliphatic rings. The fraction of sp³-hybridized carbons (Fsp3) is 0.500. The van der Waals surface area contributed by atoms with Crippen LogP contribution in [0, 0.1) is 0 Å². The van der Waals surface area contributed by atoms with Crippen LogP contribution in [-0.4, -0.2) is 22.6 Å². The average Bonchev–Trinajstić information content (AvgIpc) is 2.49. The first-order valence-electron chi connectivity index (χ1n) is 3.57. The van der Waals surface area contributed by atoms with Crippen LogP contribution in [0.4, 0.5) is 5.13 Å². The van der Waals surface area contributed by atoms with Crippen LogP contribution < -0.4 is 11.1 Å². The Morgan fingerprint density at radius 3 is 3.17 bits per heavy atom. The van der Waals surface area contributed by atoms with Gasteiger partial charge in [0.15, 0.2) is 0 Å². The Kier molecular flexibility index (Phi) is 3.46. The molecule has 1 aromatic rings. The normalized spacial score (nSPS) is 9.67. The van der Waals surface area contributed by atoms with Crippen molar-refractivity contribution in [2.75, 3.05) is 11.9 Å². The van der Waals surface area contributed by atoms with Crippen molar-refractivity contribution in [1.82, 2.24) is 10.2 Å². The largest absolute Gasteiger partial charge is 0.370 e. The van der Waals surface area contributed by atoms with E-state index in [2.05, 4.69) is 15.5 Å². The lowest BCUT2D eigenvalue weighted by molar-refractivity contribution is -0.118. The van der Waals surface area contributed by atoms with Crippen LogP contribution in [0.1, 0.15) is 12.8 Å². The van der Waals surface area contributed by atoms with Crippen molar-refractivity contribution in [3.8, 4) is 0 Å². The number of nitrogens with zero attached hydrogens (tertiary/aromatic N) is 2. The summed E-state index contributed by atoms with van der Waals surface area (Å²) in [5.41, 5.74) is 6.61. The minimum Gasteiger partial charge on any atom is -0.370 e. The van der Waals surface area contributed by atoms with Gasteiger partial charge in [0.05, 0.1) is 0 Å². The fourth-order valence-electron chi connectivity index (χ4n) is 0.708. The minimum absolute atomic E-state index is 0.269. The van der Waals surface area contributed by atoms with Crippen LogP contribution in [0.5, 0.6) is 0 Å². The molecule has 0 aromatic carbocycles. The van der Waals surface area contributed by atoms with E-state index in [4.69, 9.17) is 5.73 Å². The Balaban J connectivity index is 2.07. The molecule has 0 radical (unpaired) electrons. The number of hydrogen-bond acceptors (Lipinski definition) is 5. The summed E-state index contributed by atoms with van der Waals surface area (Å²) in [4.78, 5) is 10.3. The van der Waals surface area contributed by atoms with Gasteiger partial charge in [0.25, 0.3) is 0 Å². The summed E-state index contributed by atoms with van der Waals surface area (Å²) in [6, 6.07) is 0. The first-order chi connectivity index (χ1) is 5.79. The number of nitrogens with one attached hydrogen (secondary N) is 1. The second-order valence-corrected chi connectivity index (χ2v) is 3.07. The molecule has 0 aliphatic heterocycles. The molecule has 6 heteroatoms. The number of anilines is 1. The predicted octanol–water partition coefficient (Wildman–Crippen LogP) is 0.215. The highest BCUT2D eigenvalue weighted by molar-refractivity contribution is 7.13. The molecule has 1 amide bonds. The highest BCUT2D eigenvalue weighted by Crippen LogP contribution is 2.07. The van der Waals surface area contributed by atoms with Crippen LogP contribution in [0.15, 0.2) is 5.51 Å². The molecule has 0 saturated carbocycles. The highest BCUT2D eigenvalue weighted by Gasteiger charge is 1.96. The van der Waals surface area contributed by atoms with Crippen molar-refractivity contribution in [1.29, 1.82) is 0 Å². The zero-order valence-electron chi connectivity index (χ0n) is 6.49. The quantitative estimate of drug-likeness (QED) is 0.644. The van der Waals surface area contributed by atoms with Crippen molar-refractivity contribution in [2.24, 2.45) is 5.73 Å². The van der Waals surface area contributed by atoms with Gasteiger partial charge < -0.3 is 11.1 Å². The van der Waals surface area contributed by atoms with Gasteiger partial charge in [-0.2, -0.15) is 0 Å². The van der Waals surface area contributed by atoms with E-state index in [1.54, 1.807) is 5.51 Å². The Bertz CT molecular complexity index is 236. The van der Waals surface area contributed by atoms with Gasteiger partial charge in [0.2, 0.25) is 11.0 Å². The predicted molar refractivity (Wildman–Crippen MR) is 46.8 cm³/mol. The molecule has 3 N–H and O–H groups in total. The molecule has 0 unspecified atom stereocenters. The highest BCUT2D eigenvalue weighted by atomic mass is 32.1. The summed E-state index contributed by atoms with van der Waals surface area (Å²) in [6.07, 6.45) is 1.14. The zero-order valence-corrected chi connectivity index (χ0v) is 7.30. The molecular weight excluding hydrogens is 176 g/mol. The van der Waals surface area contributed by atoms with Gasteiger partial charge in [-0.05, 0) is 6.42 Å². The number of nitrogens with two attached hydrogens (primary N) is 1. The van der Waals surface area contributed by atoms with E-state index in [1.165, 1.54) is 11.3 Å². The first kappa shape index (κ1) is 8.92. The molecule has 12 heavy (non-hydrogen) atoms. The maximum atomic E-state index is 10.3. The summed E-state index contributed by atoms with van der Waals surface area (Å²) in [7, 11) is 0. The third-order valence-corrected chi connectivity index (χ3v) is 1.89. The molecule has 1 aromatic heterocycles. The van der Waals surface area contributed by atoms with Crippen LogP contribution in [0.2, 0.25) is 0 Å². The maximum absolute atomic E-state index is 10.3. The van der Waals surface area contributed by atoms with Crippen LogP contribution in [-0.2, 0) is 4.79 Å². The Morgan fingerprint density at radius 1 is 1.75 bits per heavy atom. The molecule has 0 atom stereocenters. The molecule has 0 bridgehead atoms. The first-order valence-corrected chi connectivity index (χ1v) is 4.45. The van der Waals surface area contributed by atoms with Gasteiger partial charge in [-0.3, -0.25) is 4.79 Å². The molecule has 1 rings (SSSR count). The molecule has 1 heterocycles. The lowest BCUT2D eigenvalue weighted by atomic mass is 10.3. The number of carbonyl (C=O) groups excluding carboxylic acids is 1. The second-order valence-electron chi connectivity index (χ2n) is 2.24. The number of carbonyl (C=O) groups is 1. The molecular formula is C6H10N4OS. The van der Waals surface area contributed by atoms with Crippen LogP contribution in [0.25, 0.3) is 0 Å². The number of hydrogen-bond donors (Lipinski definition) is 2. The molecule has 0 fully saturated rings. The van der Waals surface area contributed by atoms with E-state index in [-0.39, 0.29) is 5.91 Å². The monoisotopic (exact) mass is 186 g/mol. The fourth-order valence-corrected chi connectivity index (χ4v) is 1.18. The van der Waals surface area contributed by atoms with Crippen LogP contribution >= 0.6 is 11.3 Å². The van der Waals surface area contributed by atoms with E-state index < -0.39 is 0 Å². The van der Waals surface area contributed by atoms with Crippen molar-refractivity contribution < 1.29 is 4.79 Å². The number of amides is 1. The molecule has 0 saturated heterocycles. The second kappa shape index (κ2) is 4.66. The summed E-state index contributed by atoms with van der Waals surface area (Å²) >= 11 is 1.43. The van der Waals surface area contributed by atoms with Crippen molar-refractivity contribution in [2.45, 2.75) is 12.8 Å². The summed E-state index contributed by atoms with van der Waals surface area (Å²) in [5, 5.41) is 11.2. The molecule has 66 valence electrons. The van der Waals surface area contributed by atoms with Crippen molar-refractivity contribution in [3.63, 3.8) is 0 Å². The van der Waals surface area contributed by atoms with Gasteiger partial charge in [-0.25, -0.2) is 0 Å². The molecule has 5 nitrogen and oxygen atoms in total. The van der Waals surface area contributed by atoms with Gasteiger partial charge in [-0.15, -0.1) is 10.2 Å². The average molecular weight is 186 g/mol. The third kappa shape index (κ3) is 3.29. The zero-order chi connectivity index (χ0) is 8.81. The Labute approximate surface area is 74.0 Å². The molecule has 0 aliphatic carbocycles. The number of aromatic nitrogens is 2. The van der Waals surface area contributed by atoms with Crippen LogP contribution in [0.3, 0.4) is 0 Å². The van der Waals surface area contributed by atoms with Gasteiger partial charge in [0, 0.05) is 13.0 Å². The number of rotatable bonds is 5. The van der Waals surface area contributed by atoms with E-state index in [1.807, 2.05) is 0 Å². The Morgan fingerprint density at radius 2 is 2.58 bits per heavy atom. The lowest BCUT2D eigenvalue weighted by Crippen LogP contribution is -2.12.